The Morgan fingerprint density at radius 3 is 2.59 bits per heavy atom. The highest BCUT2D eigenvalue weighted by Gasteiger charge is 2.32. The molecule has 3 atom stereocenters. The van der Waals surface area contributed by atoms with Crippen molar-refractivity contribution in [3.63, 3.8) is 0 Å². The second-order valence-electron chi connectivity index (χ2n) is 7.97. The van der Waals surface area contributed by atoms with Crippen LogP contribution < -0.4 is 10.1 Å². The molecular formula is C22H24N4O3. The summed E-state index contributed by atoms with van der Waals surface area (Å²) < 4.78 is 11.6. The molecule has 2 fully saturated rings. The first-order valence-corrected chi connectivity index (χ1v) is 10.2. The molecule has 150 valence electrons. The van der Waals surface area contributed by atoms with Gasteiger partial charge in [-0.25, -0.2) is 4.98 Å². The number of benzene rings is 1. The molecule has 0 aliphatic carbocycles. The lowest BCUT2D eigenvalue weighted by molar-refractivity contribution is 0.0881. The van der Waals surface area contributed by atoms with Gasteiger partial charge in [0.05, 0.1) is 11.9 Å². The average Bonchev–Trinajstić information content (AvgIpc) is 3.15. The normalized spacial score (nSPS) is 23.7. The van der Waals surface area contributed by atoms with Crippen molar-refractivity contribution in [2.75, 3.05) is 0 Å². The van der Waals surface area contributed by atoms with E-state index in [1.165, 1.54) is 19.3 Å². The van der Waals surface area contributed by atoms with E-state index < -0.39 is 0 Å². The van der Waals surface area contributed by atoms with Crippen LogP contribution in [0.4, 0.5) is 0 Å². The molecule has 1 aromatic carbocycles. The van der Waals surface area contributed by atoms with Gasteiger partial charge in [-0.05, 0) is 56.9 Å². The third kappa shape index (κ3) is 3.82. The first kappa shape index (κ1) is 18.1. The number of rotatable bonds is 4. The van der Waals surface area contributed by atoms with Crippen LogP contribution >= 0.6 is 0 Å². The van der Waals surface area contributed by atoms with Gasteiger partial charge in [0.15, 0.2) is 0 Å². The van der Waals surface area contributed by atoms with Gasteiger partial charge in [-0.15, -0.1) is 10.2 Å². The van der Waals surface area contributed by atoms with Gasteiger partial charge in [0.2, 0.25) is 11.8 Å². The lowest BCUT2D eigenvalue weighted by Gasteiger charge is -2.39. The van der Waals surface area contributed by atoms with Crippen molar-refractivity contribution < 1.29 is 14.3 Å². The second kappa shape index (κ2) is 7.48. The number of nitrogens with one attached hydrogen (secondary N) is 1. The highest BCUT2D eigenvalue weighted by atomic mass is 16.5. The Morgan fingerprint density at radius 1 is 1.10 bits per heavy atom. The van der Waals surface area contributed by atoms with Crippen molar-refractivity contribution >= 4 is 0 Å². The fourth-order valence-electron chi connectivity index (χ4n) is 4.38. The molecule has 5 rings (SSSR count). The summed E-state index contributed by atoms with van der Waals surface area (Å²) in [6, 6.07) is 10.0. The fraction of sp³-hybridized carbons (Fsp3) is 0.409. The van der Waals surface area contributed by atoms with Gasteiger partial charge in [-0.1, -0.05) is 6.42 Å². The van der Waals surface area contributed by atoms with E-state index in [4.69, 9.17) is 9.15 Å². The molecule has 2 aliphatic rings. The second-order valence-corrected chi connectivity index (χ2v) is 7.97. The van der Waals surface area contributed by atoms with Gasteiger partial charge in [0.1, 0.15) is 17.6 Å². The Morgan fingerprint density at radius 2 is 1.93 bits per heavy atom. The molecule has 2 aliphatic heterocycles. The summed E-state index contributed by atoms with van der Waals surface area (Å²) in [6.45, 7) is 1.83. The Bertz CT molecular complexity index is 990. The van der Waals surface area contributed by atoms with Crippen molar-refractivity contribution in [1.82, 2.24) is 20.5 Å². The minimum absolute atomic E-state index is 0.104. The quantitative estimate of drug-likeness (QED) is 0.696. The monoisotopic (exact) mass is 392 g/mol. The Labute approximate surface area is 169 Å². The van der Waals surface area contributed by atoms with E-state index >= 15 is 0 Å². The molecule has 0 spiro atoms. The number of phenols is 1. The number of fused-ring (bicyclic) bond motifs is 2. The van der Waals surface area contributed by atoms with E-state index in [0.717, 1.165) is 18.6 Å². The zero-order valence-corrected chi connectivity index (χ0v) is 16.3. The van der Waals surface area contributed by atoms with Gasteiger partial charge >= 0.3 is 0 Å². The van der Waals surface area contributed by atoms with Gasteiger partial charge in [0.25, 0.3) is 0 Å². The van der Waals surface area contributed by atoms with E-state index in [9.17, 15) is 5.11 Å². The SMILES string of the molecule is Cc1cnc(-c2ccc(-c3ccc(OC4C[C@H]5CCC[C@@H](C4)N5)nn3)c(O)c2)o1. The summed E-state index contributed by atoms with van der Waals surface area (Å²) >= 11 is 0. The number of oxazole rings is 1. The largest absolute Gasteiger partial charge is 0.507 e. The van der Waals surface area contributed by atoms with Crippen LogP contribution in [-0.2, 0) is 0 Å². The zero-order chi connectivity index (χ0) is 19.8. The number of aromatic hydroxyl groups is 1. The lowest BCUT2D eigenvalue weighted by atomic mass is 9.85. The molecule has 0 amide bonds. The van der Waals surface area contributed by atoms with Crippen LogP contribution in [0, 0.1) is 6.92 Å². The molecule has 0 saturated carbocycles. The first-order chi connectivity index (χ1) is 14.1. The Balaban J connectivity index is 1.30. The highest BCUT2D eigenvalue weighted by molar-refractivity contribution is 5.71. The molecule has 2 N–H and O–H groups in total. The topological polar surface area (TPSA) is 93.3 Å². The summed E-state index contributed by atoms with van der Waals surface area (Å²) in [5.41, 5.74) is 1.91. The zero-order valence-electron chi connectivity index (χ0n) is 16.3. The summed E-state index contributed by atoms with van der Waals surface area (Å²) in [5, 5.41) is 22.6. The molecule has 2 saturated heterocycles. The highest BCUT2D eigenvalue weighted by Crippen LogP contribution is 2.33. The molecule has 4 heterocycles. The number of ether oxygens (including phenoxy) is 1. The lowest BCUT2D eigenvalue weighted by Crippen LogP contribution is -2.51. The fourth-order valence-corrected chi connectivity index (χ4v) is 4.38. The minimum Gasteiger partial charge on any atom is -0.507 e. The summed E-state index contributed by atoms with van der Waals surface area (Å²) in [4.78, 5) is 4.19. The van der Waals surface area contributed by atoms with Crippen LogP contribution in [0.2, 0.25) is 0 Å². The molecule has 1 unspecified atom stereocenters. The molecule has 7 heteroatoms. The predicted octanol–water partition coefficient (Wildman–Crippen LogP) is 3.86. The number of nitrogens with zero attached hydrogens (tertiary/aromatic N) is 3. The number of hydrogen-bond donors (Lipinski definition) is 2. The van der Waals surface area contributed by atoms with Crippen LogP contribution in [0.1, 0.15) is 37.9 Å². The van der Waals surface area contributed by atoms with Gasteiger partial charge in [-0.2, -0.15) is 0 Å². The number of aryl methyl sites for hydroxylation is 1. The van der Waals surface area contributed by atoms with Crippen molar-refractivity contribution in [2.45, 2.75) is 57.2 Å². The van der Waals surface area contributed by atoms with E-state index in [1.54, 1.807) is 18.3 Å². The summed E-state index contributed by atoms with van der Waals surface area (Å²) in [5.74, 6) is 1.84. The van der Waals surface area contributed by atoms with Crippen molar-refractivity contribution in [1.29, 1.82) is 0 Å². The van der Waals surface area contributed by atoms with Crippen LogP contribution in [0.25, 0.3) is 22.7 Å². The molecule has 29 heavy (non-hydrogen) atoms. The third-order valence-electron chi connectivity index (χ3n) is 5.74. The van der Waals surface area contributed by atoms with Crippen molar-refractivity contribution in [2.24, 2.45) is 0 Å². The van der Waals surface area contributed by atoms with Crippen molar-refractivity contribution in [3.05, 3.63) is 42.3 Å². The number of hydrogen-bond acceptors (Lipinski definition) is 7. The van der Waals surface area contributed by atoms with Gasteiger partial charge in [-0.3, -0.25) is 0 Å². The third-order valence-corrected chi connectivity index (χ3v) is 5.74. The van der Waals surface area contributed by atoms with E-state index in [2.05, 4.69) is 20.5 Å². The number of phenolic OH excluding ortho intramolecular Hbond substituents is 1. The van der Waals surface area contributed by atoms with E-state index in [0.29, 0.717) is 40.7 Å². The maximum atomic E-state index is 10.5. The van der Waals surface area contributed by atoms with E-state index in [1.807, 2.05) is 25.1 Å². The summed E-state index contributed by atoms with van der Waals surface area (Å²) in [6.07, 6.45) is 7.63. The smallest absolute Gasteiger partial charge is 0.233 e. The average molecular weight is 392 g/mol. The molecular weight excluding hydrogens is 368 g/mol. The Hall–Kier alpha value is -2.93. The summed E-state index contributed by atoms with van der Waals surface area (Å²) in [7, 11) is 0. The van der Waals surface area contributed by atoms with Crippen LogP contribution in [0.5, 0.6) is 11.6 Å². The van der Waals surface area contributed by atoms with Gasteiger partial charge < -0.3 is 19.6 Å². The number of piperidine rings is 2. The molecule has 7 nitrogen and oxygen atoms in total. The van der Waals surface area contributed by atoms with Crippen LogP contribution in [0.15, 0.2) is 40.9 Å². The maximum absolute atomic E-state index is 10.5. The predicted molar refractivity (Wildman–Crippen MR) is 108 cm³/mol. The standard InChI is InChI=1S/C22H24N4O3/c1-13-12-23-22(28-13)14-5-6-18(20(27)9-14)19-7-8-21(26-25-19)29-17-10-15-3-2-4-16(11-17)24-15/h5-9,12,15-17,24,27H,2-4,10-11H2,1H3/t15-,16+,17?. The maximum Gasteiger partial charge on any atom is 0.233 e. The van der Waals surface area contributed by atoms with Crippen molar-refractivity contribution in [3.8, 4) is 34.3 Å². The van der Waals surface area contributed by atoms with Crippen LogP contribution in [0.3, 0.4) is 0 Å². The Kier molecular flexibility index (Phi) is 4.67. The molecule has 3 aromatic rings. The van der Waals surface area contributed by atoms with Crippen LogP contribution in [-0.4, -0.2) is 38.5 Å². The minimum atomic E-state index is 0.104. The molecule has 0 radical (unpaired) electrons. The van der Waals surface area contributed by atoms with Gasteiger partial charge in [0, 0.05) is 29.3 Å². The first-order valence-electron chi connectivity index (χ1n) is 10.2. The number of aromatic nitrogens is 3. The molecule has 2 bridgehead atoms. The molecule has 2 aromatic heterocycles. The van der Waals surface area contributed by atoms with E-state index in [-0.39, 0.29) is 11.9 Å².